The van der Waals surface area contributed by atoms with Gasteiger partial charge in [-0.1, -0.05) is 51.1 Å². The number of carbonyl (C=O) groups excluding carboxylic acids is 1. The van der Waals surface area contributed by atoms with Gasteiger partial charge in [-0.3, -0.25) is 4.79 Å². The predicted molar refractivity (Wildman–Crippen MR) is 159 cm³/mol. The molecule has 1 atom stereocenters. The zero-order chi connectivity index (χ0) is 28.3. The topological polar surface area (TPSA) is 104 Å². The van der Waals surface area contributed by atoms with E-state index in [9.17, 15) is 13.2 Å². The van der Waals surface area contributed by atoms with Crippen molar-refractivity contribution in [3.63, 3.8) is 0 Å². The Labute approximate surface area is 235 Å². The molecule has 0 bridgehead atoms. The number of H-pyrrole nitrogens is 1. The lowest BCUT2D eigenvalue weighted by atomic mass is 9.87. The van der Waals surface area contributed by atoms with Gasteiger partial charge < -0.3 is 19.9 Å². The maximum atomic E-state index is 13.6. The number of sulfonamides is 1. The number of para-hydroxylation sites is 1. The third kappa shape index (κ3) is 6.38. The summed E-state index contributed by atoms with van der Waals surface area (Å²) in [6, 6.07) is 21.1. The van der Waals surface area contributed by atoms with Crippen molar-refractivity contribution < 1.29 is 17.9 Å². The first-order chi connectivity index (χ1) is 19.1. The van der Waals surface area contributed by atoms with Gasteiger partial charge in [-0.05, 0) is 65.4 Å². The highest BCUT2D eigenvalue weighted by molar-refractivity contribution is 7.89. The normalized spacial score (nSPS) is 15.2. The molecule has 0 saturated carbocycles. The van der Waals surface area contributed by atoms with E-state index in [1.54, 1.807) is 12.1 Å². The Kier molecular flexibility index (Phi) is 7.98. The zero-order valence-electron chi connectivity index (χ0n) is 23.1. The van der Waals surface area contributed by atoms with Crippen molar-refractivity contribution in [3.05, 3.63) is 90.1 Å². The average Bonchev–Trinajstić information content (AvgIpc) is 3.36. The van der Waals surface area contributed by atoms with Crippen LogP contribution in [-0.2, 0) is 31.4 Å². The number of ether oxygens (including phenoxy) is 1. The number of hydrogen-bond donors (Lipinski definition) is 3. The monoisotopic (exact) mass is 560 g/mol. The number of aromatic amines is 1. The highest BCUT2D eigenvalue weighted by Gasteiger charge is 2.28. The van der Waals surface area contributed by atoms with E-state index in [2.05, 4.69) is 40.7 Å². The third-order valence-electron chi connectivity index (χ3n) is 7.25. The largest absolute Gasteiger partial charge is 0.378 e. The summed E-state index contributed by atoms with van der Waals surface area (Å²) in [6.07, 6.45) is 2.01. The Balaban J connectivity index is 1.38. The molecule has 1 saturated heterocycles. The predicted octanol–water partition coefficient (Wildman–Crippen LogP) is 4.83. The Hall–Kier alpha value is -3.66. The number of morpholine rings is 1. The van der Waals surface area contributed by atoms with Crippen molar-refractivity contribution in [2.24, 2.45) is 0 Å². The molecule has 1 fully saturated rings. The Morgan fingerprint density at radius 1 is 0.975 bits per heavy atom. The maximum absolute atomic E-state index is 13.6. The van der Waals surface area contributed by atoms with Gasteiger partial charge in [-0.25, -0.2) is 8.42 Å². The van der Waals surface area contributed by atoms with Gasteiger partial charge in [0.05, 0.1) is 18.1 Å². The Morgan fingerprint density at radius 2 is 1.65 bits per heavy atom. The summed E-state index contributed by atoms with van der Waals surface area (Å²) in [5.74, 6) is -0.431. The highest BCUT2D eigenvalue weighted by atomic mass is 32.2. The minimum Gasteiger partial charge on any atom is -0.378 e. The lowest BCUT2D eigenvalue weighted by Gasteiger charge is -2.29. The highest BCUT2D eigenvalue weighted by Crippen LogP contribution is 2.25. The van der Waals surface area contributed by atoms with Crippen LogP contribution in [0.5, 0.6) is 0 Å². The molecule has 4 aromatic rings. The molecule has 2 heterocycles. The van der Waals surface area contributed by atoms with E-state index in [-0.39, 0.29) is 16.7 Å². The Morgan fingerprint density at radius 3 is 2.33 bits per heavy atom. The second-order valence-corrected chi connectivity index (χ2v) is 12.9. The Bertz CT molecular complexity index is 1570. The zero-order valence-corrected chi connectivity index (χ0v) is 23.9. The summed E-state index contributed by atoms with van der Waals surface area (Å²) < 4.78 is 35.0. The van der Waals surface area contributed by atoms with Crippen molar-refractivity contribution in [1.82, 2.24) is 9.71 Å². The van der Waals surface area contributed by atoms with Crippen LogP contribution >= 0.6 is 0 Å². The van der Waals surface area contributed by atoms with Crippen molar-refractivity contribution in [2.75, 3.05) is 36.5 Å². The van der Waals surface area contributed by atoms with Crippen molar-refractivity contribution in [2.45, 2.75) is 43.5 Å². The molecule has 1 amide bonds. The van der Waals surface area contributed by atoms with Crippen molar-refractivity contribution in [3.8, 4) is 0 Å². The fraction of sp³-hybridized carbons (Fsp3) is 0.323. The summed E-state index contributed by atoms with van der Waals surface area (Å²) >= 11 is 0. The number of aromatic nitrogens is 1. The molecule has 0 unspecified atom stereocenters. The number of anilines is 2. The SMILES string of the molecule is CC(C)(C)c1ccc(S(=O)(=O)N[C@@H](Cc2c[nH]c3ccccc23)C(=O)Nc2ccc(N3CCOCC3)cc2)cc1. The average molecular weight is 561 g/mol. The first-order valence-corrected chi connectivity index (χ1v) is 15.0. The molecule has 40 heavy (non-hydrogen) atoms. The molecular formula is C31H36N4O4S. The van der Waals surface area contributed by atoms with Crippen LogP contribution in [0, 0.1) is 0 Å². The quantitative estimate of drug-likeness (QED) is 0.286. The van der Waals surface area contributed by atoms with Gasteiger partial charge in [0.25, 0.3) is 0 Å². The van der Waals surface area contributed by atoms with Crippen LogP contribution < -0.4 is 14.9 Å². The molecule has 0 radical (unpaired) electrons. The second kappa shape index (κ2) is 11.4. The number of nitrogens with zero attached hydrogens (tertiary/aromatic N) is 1. The van der Waals surface area contributed by atoms with E-state index in [4.69, 9.17) is 4.74 Å². The molecule has 3 N–H and O–H groups in total. The second-order valence-electron chi connectivity index (χ2n) is 11.1. The minimum atomic E-state index is -3.98. The molecular weight excluding hydrogens is 524 g/mol. The van der Waals surface area contributed by atoms with Gasteiger partial charge in [0.15, 0.2) is 0 Å². The number of rotatable bonds is 8. The summed E-state index contributed by atoms with van der Waals surface area (Å²) in [5, 5.41) is 3.86. The number of amides is 1. The van der Waals surface area contributed by atoms with Gasteiger partial charge in [-0.15, -0.1) is 0 Å². The van der Waals surface area contributed by atoms with E-state index in [0.29, 0.717) is 18.9 Å². The third-order valence-corrected chi connectivity index (χ3v) is 8.74. The van der Waals surface area contributed by atoms with E-state index >= 15 is 0 Å². The first-order valence-electron chi connectivity index (χ1n) is 13.5. The van der Waals surface area contributed by atoms with Gasteiger partial charge in [0, 0.05) is 41.6 Å². The molecule has 0 aliphatic carbocycles. The number of nitrogens with one attached hydrogen (secondary N) is 3. The lowest BCUT2D eigenvalue weighted by Crippen LogP contribution is -2.45. The first kappa shape index (κ1) is 27.9. The van der Waals surface area contributed by atoms with E-state index in [1.165, 1.54) is 0 Å². The van der Waals surface area contributed by atoms with Crippen LogP contribution in [0.15, 0.2) is 83.9 Å². The van der Waals surface area contributed by atoms with Crippen LogP contribution in [0.4, 0.5) is 11.4 Å². The molecule has 5 rings (SSSR count). The van der Waals surface area contributed by atoms with Crippen LogP contribution in [0.3, 0.4) is 0 Å². The number of hydrogen-bond acceptors (Lipinski definition) is 5. The van der Waals surface area contributed by atoms with E-state index < -0.39 is 22.0 Å². The standard InChI is InChI=1S/C31H36N4O4S/c1-31(2,3)23-8-14-26(15-9-23)40(37,38)34-29(20-22-21-32-28-7-5-4-6-27(22)28)30(36)33-24-10-12-25(13-11-24)35-16-18-39-19-17-35/h4-15,21,29,32,34H,16-20H2,1-3H3,(H,33,36)/t29-/m0/s1. The van der Waals surface area contributed by atoms with Gasteiger partial charge in [-0.2, -0.15) is 4.72 Å². The summed E-state index contributed by atoms with van der Waals surface area (Å²) in [7, 11) is -3.98. The number of carbonyl (C=O) groups is 1. The smallest absolute Gasteiger partial charge is 0.242 e. The van der Waals surface area contributed by atoms with Crippen molar-refractivity contribution >= 4 is 38.2 Å². The van der Waals surface area contributed by atoms with Crippen LogP contribution in [0.2, 0.25) is 0 Å². The minimum absolute atomic E-state index is 0.106. The molecule has 210 valence electrons. The summed E-state index contributed by atoms with van der Waals surface area (Å²) in [6.45, 7) is 9.23. The summed E-state index contributed by atoms with van der Waals surface area (Å²) in [5.41, 5.74) is 4.35. The van der Waals surface area contributed by atoms with Gasteiger partial charge in [0.2, 0.25) is 15.9 Å². The molecule has 9 heteroatoms. The van der Waals surface area contributed by atoms with E-state index in [0.717, 1.165) is 40.8 Å². The number of benzene rings is 3. The van der Waals surface area contributed by atoms with Crippen LogP contribution in [0.25, 0.3) is 10.9 Å². The molecule has 1 aliphatic rings. The molecule has 1 aromatic heterocycles. The van der Waals surface area contributed by atoms with Crippen LogP contribution in [-0.4, -0.2) is 51.7 Å². The van der Waals surface area contributed by atoms with Crippen LogP contribution in [0.1, 0.15) is 31.9 Å². The summed E-state index contributed by atoms with van der Waals surface area (Å²) in [4.78, 5) is 19.1. The maximum Gasteiger partial charge on any atom is 0.242 e. The fourth-order valence-electron chi connectivity index (χ4n) is 4.90. The van der Waals surface area contributed by atoms with Crippen molar-refractivity contribution in [1.29, 1.82) is 0 Å². The molecule has 8 nitrogen and oxygen atoms in total. The van der Waals surface area contributed by atoms with Gasteiger partial charge in [0.1, 0.15) is 6.04 Å². The van der Waals surface area contributed by atoms with Gasteiger partial charge >= 0.3 is 0 Å². The van der Waals surface area contributed by atoms with E-state index in [1.807, 2.05) is 66.9 Å². The molecule has 1 aliphatic heterocycles. The molecule has 0 spiro atoms. The molecule has 3 aromatic carbocycles. The number of fused-ring (bicyclic) bond motifs is 1. The lowest BCUT2D eigenvalue weighted by molar-refractivity contribution is -0.117. The fourth-order valence-corrected chi connectivity index (χ4v) is 6.10.